The highest BCUT2D eigenvalue weighted by molar-refractivity contribution is 5.48. The fraction of sp³-hybridized carbons (Fsp3) is 0.438. The number of anilines is 1. The van der Waals surface area contributed by atoms with Crippen LogP contribution in [0.4, 0.5) is 5.82 Å². The Bertz CT molecular complexity index is 572. The van der Waals surface area contributed by atoms with E-state index in [9.17, 15) is 0 Å². The standard InChI is InChI=1S/C16H21N5O/c1(2-14-3-5-17-6-4-14)13-22-16-15(19-7-8-20-16)21-11-9-18-10-12-21/h3-8,18H,1-2,9-13H2. The average Bonchev–Trinajstić information content (AvgIpc) is 2.61. The molecule has 0 aromatic carbocycles. The van der Waals surface area contributed by atoms with Gasteiger partial charge in [0.1, 0.15) is 0 Å². The Balaban J connectivity index is 1.53. The highest BCUT2D eigenvalue weighted by Gasteiger charge is 2.17. The highest BCUT2D eigenvalue weighted by Crippen LogP contribution is 2.22. The number of nitrogens with one attached hydrogen (secondary N) is 1. The van der Waals surface area contributed by atoms with Crippen molar-refractivity contribution in [3.05, 3.63) is 42.5 Å². The van der Waals surface area contributed by atoms with Gasteiger partial charge in [-0.1, -0.05) is 0 Å². The third-order valence-electron chi connectivity index (χ3n) is 3.66. The maximum Gasteiger partial charge on any atom is 0.257 e. The number of aryl methyl sites for hydroxylation is 1. The normalized spacial score (nSPS) is 14.8. The molecule has 1 aliphatic heterocycles. The van der Waals surface area contributed by atoms with E-state index in [-0.39, 0.29) is 0 Å². The SMILES string of the molecule is c1cc(CCCOc2nccnc2N2CCNCC2)ccn1. The molecule has 1 N–H and O–H groups in total. The molecule has 0 atom stereocenters. The van der Waals surface area contributed by atoms with Crippen molar-refractivity contribution in [2.75, 3.05) is 37.7 Å². The van der Waals surface area contributed by atoms with Crippen molar-refractivity contribution in [2.24, 2.45) is 0 Å². The average molecular weight is 299 g/mol. The van der Waals surface area contributed by atoms with Crippen molar-refractivity contribution in [1.82, 2.24) is 20.3 Å². The number of ether oxygens (including phenoxy) is 1. The Kier molecular flexibility index (Phi) is 5.15. The molecule has 0 aliphatic carbocycles. The first-order valence-corrected chi connectivity index (χ1v) is 7.72. The molecule has 1 saturated heterocycles. The van der Waals surface area contributed by atoms with Crippen LogP contribution in [0.5, 0.6) is 5.88 Å². The number of rotatable bonds is 6. The van der Waals surface area contributed by atoms with Crippen LogP contribution in [0.1, 0.15) is 12.0 Å². The van der Waals surface area contributed by atoms with Crippen LogP contribution in [-0.4, -0.2) is 47.7 Å². The summed E-state index contributed by atoms with van der Waals surface area (Å²) >= 11 is 0. The molecule has 3 heterocycles. The summed E-state index contributed by atoms with van der Waals surface area (Å²) in [6, 6.07) is 4.07. The van der Waals surface area contributed by atoms with Crippen molar-refractivity contribution in [1.29, 1.82) is 0 Å². The summed E-state index contributed by atoms with van der Waals surface area (Å²) in [5.41, 5.74) is 1.28. The van der Waals surface area contributed by atoms with Crippen molar-refractivity contribution in [2.45, 2.75) is 12.8 Å². The van der Waals surface area contributed by atoms with Crippen molar-refractivity contribution < 1.29 is 4.74 Å². The van der Waals surface area contributed by atoms with Gasteiger partial charge in [-0.05, 0) is 30.5 Å². The van der Waals surface area contributed by atoms with Crippen LogP contribution >= 0.6 is 0 Å². The molecule has 3 rings (SSSR count). The molecule has 2 aromatic rings. The molecule has 2 aromatic heterocycles. The third kappa shape index (κ3) is 3.92. The molecule has 6 nitrogen and oxygen atoms in total. The summed E-state index contributed by atoms with van der Waals surface area (Å²) in [5.74, 6) is 1.49. The van der Waals surface area contributed by atoms with Crippen LogP contribution in [0, 0.1) is 0 Å². The first-order chi connectivity index (χ1) is 10.9. The zero-order valence-electron chi connectivity index (χ0n) is 12.6. The Morgan fingerprint density at radius 3 is 2.64 bits per heavy atom. The first-order valence-electron chi connectivity index (χ1n) is 7.72. The van der Waals surface area contributed by atoms with Crippen LogP contribution < -0.4 is 15.0 Å². The molecule has 0 radical (unpaired) electrons. The van der Waals surface area contributed by atoms with E-state index in [2.05, 4.69) is 25.2 Å². The Morgan fingerprint density at radius 1 is 1.05 bits per heavy atom. The van der Waals surface area contributed by atoms with E-state index in [4.69, 9.17) is 4.74 Å². The Hall–Kier alpha value is -2.21. The molecule has 0 unspecified atom stereocenters. The van der Waals surface area contributed by atoms with E-state index in [1.165, 1.54) is 5.56 Å². The monoisotopic (exact) mass is 299 g/mol. The van der Waals surface area contributed by atoms with Gasteiger partial charge < -0.3 is 15.0 Å². The fourth-order valence-corrected chi connectivity index (χ4v) is 2.51. The summed E-state index contributed by atoms with van der Waals surface area (Å²) in [4.78, 5) is 15.0. The topological polar surface area (TPSA) is 63.2 Å². The minimum absolute atomic E-state index is 0.638. The van der Waals surface area contributed by atoms with Gasteiger partial charge in [0, 0.05) is 51.0 Å². The Morgan fingerprint density at radius 2 is 1.82 bits per heavy atom. The quantitative estimate of drug-likeness (QED) is 0.811. The van der Waals surface area contributed by atoms with Gasteiger partial charge in [0.05, 0.1) is 6.61 Å². The van der Waals surface area contributed by atoms with Crippen LogP contribution in [0.25, 0.3) is 0 Å². The summed E-state index contributed by atoms with van der Waals surface area (Å²) in [7, 11) is 0. The van der Waals surface area contributed by atoms with Gasteiger partial charge in [-0.15, -0.1) is 0 Å². The summed E-state index contributed by atoms with van der Waals surface area (Å²) < 4.78 is 5.86. The van der Waals surface area contributed by atoms with E-state index in [1.54, 1.807) is 12.4 Å². The molecule has 0 saturated carbocycles. The lowest BCUT2D eigenvalue weighted by molar-refractivity contribution is 0.298. The van der Waals surface area contributed by atoms with Crippen LogP contribution in [0.2, 0.25) is 0 Å². The summed E-state index contributed by atoms with van der Waals surface area (Å²) in [6.45, 7) is 4.45. The lowest BCUT2D eigenvalue weighted by Gasteiger charge is -2.28. The van der Waals surface area contributed by atoms with E-state index in [1.807, 2.05) is 24.5 Å². The second-order valence-corrected chi connectivity index (χ2v) is 5.23. The Labute approximate surface area is 130 Å². The molecule has 6 heteroatoms. The lowest BCUT2D eigenvalue weighted by atomic mass is 10.1. The maximum absolute atomic E-state index is 5.86. The molecule has 1 aliphatic rings. The smallest absolute Gasteiger partial charge is 0.257 e. The number of aromatic nitrogens is 3. The van der Waals surface area contributed by atoms with Gasteiger partial charge in [0.25, 0.3) is 5.88 Å². The van der Waals surface area contributed by atoms with Gasteiger partial charge in [-0.3, -0.25) is 4.98 Å². The molecule has 22 heavy (non-hydrogen) atoms. The molecule has 0 amide bonds. The largest absolute Gasteiger partial charge is 0.475 e. The van der Waals surface area contributed by atoms with Gasteiger partial charge in [0.15, 0.2) is 5.82 Å². The molecular formula is C16H21N5O. The number of pyridine rings is 1. The predicted molar refractivity (Wildman–Crippen MR) is 85.2 cm³/mol. The minimum Gasteiger partial charge on any atom is -0.475 e. The third-order valence-corrected chi connectivity index (χ3v) is 3.66. The molecule has 116 valence electrons. The van der Waals surface area contributed by atoms with Gasteiger partial charge in [-0.25, -0.2) is 9.97 Å². The van der Waals surface area contributed by atoms with Gasteiger partial charge in [0.2, 0.25) is 0 Å². The highest BCUT2D eigenvalue weighted by atomic mass is 16.5. The van der Waals surface area contributed by atoms with E-state index in [0.717, 1.165) is 44.8 Å². The minimum atomic E-state index is 0.638. The zero-order chi connectivity index (χ0) is 15.0. The molecular weight excluding hydrogens is 278 g/mol. The van der Waals surface area contributed by atoms with Gasteiger partial charge in [-0.2, -0.15) is 0 Å². The second-order valence-electron chi connectivity index (χ2n) is 5.23. The maximum atomic E-state index is 5.86. The van der Waals surface area contributed by atoms with E-state index < -0.39 is 0 Å². The van der Waals surface area contributed by atoms with Crippen LogP contribution in [0.3, 0.4) is 0 Å². The predicted octanol–water partition coefficient (Wildman–Crippen LogP) is 1.29. The summed E-state index contributed by atoms with van der Waals surface area (Å²) in [5, 5.41) is 3.34. The number of nitrogens with zero attached hydrogens (tertiary/aromatic N) is 4. The van der Waals surface area contributed by atoms with Crippen LogP contribution in [-0.2, 0) is 6.42 Å². The van der Waals surface area contributed by atoms with E-state index in [0.29, 0.717) is 12.5 Å². The van der Waals surface area contributed by atoms with Crippen molar-refractivity contribution >= 4 is 5.82 Å². The number of hydrogen-bond donors (Lipinski definition) is 1. The second kappa shape index (κ2) is 7.70. The van der Waals surface area contributed by atoms with Crippen molar-refractivity contribution in [3.63, 3.8) is 0 Å². The van der Waals surface area contributed by atoms with E-state index >= 15 is 0 Å². The number of hydrogen-bond acceptors (Lipinski definition) is 6. The summed E-state index contributed by atoms with van der Waals surface area (Å²) in [6.07, 6.45) is 8.97. The van der Waals surface area contributed by atoms with Crippen molar-refractivity contribution in [3.8, 4) is 5.88 Å². The number of piperazine rings is 1. The fourth-order valence-electron chi connectivity index (χ4n) is 2.51. The molecule has 0 bridgehead atoms. The molecule has 0 spiro atoms. The zero-order valence-corrected chi connectivity index (χ0v) is 12.6. The lowest BCUT2D eigenvalue weighted by Crippen LogP contribution is -2.44. The van der Waals surface area contributed by atoms with Crippen LogP contribution in [0.15, 0.2) is 36.9 Å². The molecule has 1 fully saturated rings. The van der Waals surface area contributed by atoms with Gasteiger partial charge >= 0.3 is 0 Å². The first kappa shape index (κ1) is 14.7.